The lowest BCUT2D eigenvalue weighted by molar-refractivity contribution is 0.601. The normalized spacial score (nSPS) is 14.6. The molecule has 2 N–H and O–H groups in total. The van der Waals surface area contributed by atoms with Crippen molar-refractivity contribution in [2.75, 3.05) is 23.4 Å². The van der Waals surface area contributed by atoms with Gasteiger partial charge in [-0.2, -0.15) is 4.98 Å². The van der Waals surface area contributed by atoms with Crippen LogP contribution >= 0.6 is 0 Å². The lowest BCUT2D eigenvalue weighted by atomic mass is 10.1. The number of hydrogen-bond acceptors (Lipinski definition) is 6. The second-order valence-corrected chi connectivity index (χ2v) is 8.21. The van der Waals surface area contributed by atoms with Gasteiger partial charge in [-0.1, -0.05) is 6.92 Å². The maximum atomic E-state index is 11.9. The third-order valence-electron chi connectivity index (χ3n) is 4.12. The highest BCUT2D eigenvalue weighted by Crippen LogP contribution is 2.46. The van der Waals surface area contributed by atoms with Crippen LogP contribution in [0.1, 0.15) is 37.7 Å². The minimum atomic E-state index is -3.22. The molecule has 0 saturated heterocycles. The van der Waals surface area contributed by atoms with E-state index in [1.165, 1.54) is 6.26 Å². The Morgan fingerprint density at radius 3 is 2.62 bits per heavy atom. The zero-order valence-corrected chi connectivity index (χ0v) is 14.8. The maximum Gasteiger partial charge on any atom is 0.221 e. The van der Waals surface area contributed by atoms with Gasteiger partial charge in [-0.05, 0) is 55.0 Å². The molecule has 1 aromatic carbocycles. The molecule has 1 fully saturated rings. The van der Waals surface area contributed by atoms with Gasteiger partial charge in [-0.3, -0.25) is 0 Å². The van der Waals surface area contributed by atoms with Crippen molar-refractivity contribution in [1.29, 1.82) is 0 Å². The molecule has 1 saturated carbocycles. The lowest BCUT2D eigenvalue weighted by Crippen LogP contribution is -2.21. The molecule has 1 aliphatic rings. The third kappa shape index (κ3) is 3.51. The SMILES string of the molecule is CCCN(c1ccnc(N)n1)c1ccc(S(C)(=O)=O)cc1C1CC1. The van der Waals surface area contributed by atoms with E-state index in [1.54, 1.807) is 12.3 Å². The molecular formula is C17H22N4O2S. The fraction of sp³-hybridized carbons (Fsp3) is 0.412. The van der Waals surface area contributed by atoms with Gasteiger partial charge in [0.15, 0.2) is 9.84 Å². The zero-order chi connectivity index (χ0) is 17.3. The molecule has 1 aliphatic carbocycles. The van der Waals surface area contributed by atoms with Crippen LogP contribution in [0.2, 0.25) is 0 Å². The summed E-state index contributed by atoms with van der Waals surface area (Å²) in [5, 5.41) is 0. The fourth-order valence-corrected chi connectivity index (χ4v) is 3.48. The Kier molecular flexibility index (Phi) is 4.45. The van der Waals surface area contributed by atoms with Gasteiger partial charge in [0.2, 0.25) is 5.95 Å². The number of aromatic nitrogens is 2. The molecule has 0 unspecified atom stereocenters. The summed E-state index contributed by atoms with van der Waals surface area (Å²) < 4.78 is 23.8. The summed E-state index contributed by atoms with van der Waals surface area (Å²) in [5.41, 5.74) is 7.81. The summed E-state index contributed by atoms with van der Waals surface area (Å²) in [5.74, 6) is 1.38. The molecule has 0 bridgehead atoms. The number of hydrogen-bond donors (Lipinski definition) is 1. The standard InChI is InChI=1S/C17H22N4O2S/c1-3-10-21(16-8-9-19-17(18)20-16)15-7-6-13(24(2,22)23)11-14(15)12-4-5-12/h6-9,11-12H,3-5,10H2,1-2H3,(H2,18,19,20). The first-order valence-corrected chi connectivity index (χ1v) is 9.99. The predicted octanol–water partition coefficient (Wildman–Crippen LogP) is 2.89. The molecule has 24 heavy (non-hydrogen) atoms. The summed E-state index contributed by atoms with van der Waals surface area (Å²) in [4.78, 5) is 10.8. The molecule has 0 aliphatic heterocycles. The van der Waals surface area contributed by atoms with E-state index in [-0.39, 0.29) is 5.95 Å². The molecule has 0 atom stereocenters. The summed E-state index contributed by atoms with van der Waals surface area (Å²) in [7, 11) is -3.22. The smallest absolute Gasteiger partial charge is 0.221 e. The monoisotopic (exact) mass is 346 g/mol. The first-order chi connectivity index (χ1) is 11.4. The van der Waals surface area contributed by atoms with Gasteiger partial charge in [0.1, 0.15) is 5.82 Å². The van der Waals surface area contributed by atoms with Crippen molar-refractivity contribution < 1.29 is 8.42 Å². The second-order valence-electron chi connectivity index (χ2n) is 6.19. The van der Waals surface area contributed by atoms with Crippen molar-refractivity contribution in [2.24, 2.45) is 0 Å². The minimum absolute atomic E-state index is 0.231. The van der Waals surface area contributed by atoms with Crippen LogP contribution in [-0.4, -0.2) is 31.2 Å². The van der Waals surface area contributed by atoms with Crippen molar-refractivity contribution >= 4 is 27.3 Å². The molecule has 0 spiro atoms. The third-order valence-corrected chi connectivity index (χ3v) is 5.23. The Labute approximate surface area is 142 Å². The van der Waals surface area contributed by atoms with E-state index in [0.29, 0.717) is 10.8 Å². The van der Waals surface area contributed by atoms with E-state index < -0.39 is 9.84 Å². The Morgan fingerprint density at radius 1 is 1.29 bits per heavy atom. The average molecular weight is 346 g/mol. The Bertz CT molecular complexity index is 847. The van der Waals surface area contributed by atoms with Crippen LogP contribution in [0.25, 0.3) is 0 Å². The van der Waals surface area contributed by atoms with Gasteiger partial charge < -0.3 is 10.6 Å². The summed E-state index contributed by atoms with van der Waals surface area (Å²) in [6.45, 7) is 2.87. The number of anilines is 3. The van der Waals surface area contributed by atoms with Crippen molar-refractivity contribution in [1.82, 2.24) is 9.97 Å². The summed E-state index contributed by atoms with van der Waals surface area (Å²) >= 11 is 0. The zero-order valence-electron chi connectivity index (χ0n) is 13.9. The first kappa shape index (κ1) is 16.7. The molecule has 7 heteroatoms. The Morgan fingerprint density at radius 2 is 2.04 bits per heavy atom. The van der Waals surface area contributed by atoms with E-state index in [2.05, 4.69) is 21.8 Å². The van der Waals surface area contributed by atoms with Gasteiger partial charge in [0, 0.05) is 24.7 Å². The van der Waals surface area contributed by atoms with Gasteiger partial charge in [0.05, 0.1) is 4.90 Å². The summed E-state index contributed by atoms with van der Waals surface area (Å²) in [6, 6.07) is 7.20. The second kappa shape index (κ2) is 6.39. The van der Waals surface area contributed by atoms with Gasteiger partial charge in [-0.15, -0.1) is 0 Å². The van der Waals surface area contributed by atoms with Gasteiger partial charge in [-0.25, -0.2) is 13.4 Å². The van der Waals surface area contributed by atoms with Crippen LogP contribution in [0.15, 0.2) is 35.4 Å². The molecule has 0 amide bonds. The number of rotatable bonds is 6. The van der Waals surface area contributed by atoms with E-state index in [4.69, 9.17) is 5.73 Å². The number of nitrogen functional groups attached to an aromatic ring is 1. The molecule has 128 valence electrons. The molecule has 1 heterocycles. The predicted molar refractivity (Wildman–Crippen MR) is 95.3 cm³/mol. The molecule has 0 radical (unpaired) electrons. The average Bonchev–Trinajstić information content (AvgIpc) is 3.36. The van der Waals surface area contributed by atoms with Crippen LogP contribution in [0, 0.1) is 0 Å². The van der Waals surface area contributed by atoms with Gasteiger partial charge >= 0.3 is 0 Å². The highest BCUT2D eigenvalue weighted by atomic mass is 32.2. The van der Waals surface area contributed by atoms with E-state index in [0.717, 1.165) is 42.9 Å². The molecule has 2 aromatic rings. The fourth-order valence-electron chi connectivity index (χ4n) is 2.83. The van der Waals surface area contributed by atoms with Crippen LogP contribution in [-0.2, 0) is 9.84 Å². The lowest BCUT2D eigenvalue weighted by Gasteiger charge is -2.26. The van der Waals surface area contributed by atoms with E-state index in [9.17, 15) is 8.42 Å². The highest BCUT2D eigenvalue weighted by Gasteiger charge is 2.29. The maximum absolute atomic E-state index is 11.9. The Hall–Kier alpha value is -2.15. The number of nitrogens with two attached hydrogens (primary N) is 1. The number of benzene rings is 1. The van der Waals surface area contributed by atoms with E-state index >= 15 is 0 Å². The van der Waals surface area contributed by atoms with Crippen molar-refractivity contribution in [3.63, 3.8) is 0 Å². The first-order valence-electron chi connectivity index (χ1n) is 8.10. The molecular weight excluding hydrogens is 324 g/mol. The molecule has 6 nitrogen and oxygen atoms in total. The van der Waals surface area contributed by atoms with Crippen LogP contribution in [0.5, 0.6) is 0 Å². The quantitative estimate of drug-likeness (QED) is 0.865. The van der Waals surface area contributed by atoms with Crippen LogP contribution in [0.4, 0.5) is 17.5 Å². The highest BCUT2D eigenvalue weighted by molar-refractivity contribution is 7.90. The minimum Gasteiger partial charge on any atom is -0.368 e. The molecule has 1 aromatic heterocycles. The largest absolute Gasteiger partial charge is 0.368 e. The van der Waals surface area contributed by atoms with Crippen molar-refractivity contribution in [3.05, 3.63) is 36.0 Å². The number of sulfone groups is 1. The summed E-state index contributed by atoms with van der Waals surface area (Å²) in [6.07, 6.45) is 6.00. The van der Waals surface area contributed by atoms with Crippen molar-refractivity contribution in [3.8, 4) is 0 Å². The van der Waals surface area contributed by atoms with Crippen LogP contribution in [0.3, 0.4) is 0 Å². The van der Waals surface area contributed by atoms with Crippen molar-refractivity contribution in [2.45, 2.75) is 37.0 Å². The van der Waals surface area contributed by atoms with E-state index in [1.807, 2.05) is 18.2 Å². The molecule has 3 rings (SSSR count). The topological polar surface area (TPSA) is 89.2 Å². The van der Waals surface area contributed by atoms with Gasteiger partial charge in [0.25, 0.3) is 0 Å². The Balaban J connectivity index is 2.10. The van der Waals surface area contributed by atoms with Crippen LogP contribution < -0.4 is 10.6 Å². The number of nitrogens with zero attached hydrogens (tertiary/aromatic N) is 3.